The second-order valence-electron chi connectivity index (χ2n) is 3.61. The Morgan fingerprint density at radius 3 is 2.42 bits per heavy atom. The minimum Gasteiger partial charge on any atom is -0.297 e. The predicted octanol–water partition coefficient (Wildman–Crippen LogP) is 1.77. The number of nitriles is 1. The Hall–Kier alpha value is -0.200. The molecule has 2 nitrogen and oxygen atoms in total. The Labute approximate surface area is 78.7 Å². The van der Waals surface area contributed by atoms with Crippen LogP contribution in [0.4, 0.5) is 0 Å². The third kappa shape index (κ3) is 2.40. The highest BCUT2D eigenvalue weighted by atomic mass is 32.2. The zero-order valence-electron chi connectivity index (χ0n) is 7.76. The van der Waals surface area contributed by atoms with Crippen molar-refractivity contribution >= 4 is 11.8 Å². The van der Waals surface area contributed by atoms with E-state index in [2.05, 4.69) is 25.2 Å². The standard InChI is InChI=1S/C9H16N2S/c1-8(2)11-9(7-10)3-5-12-6-4-9/h8,11H,3-6H2,1-2H3. The molecule has 1 fully saturated rings. The molecule has 1 aliphatic rings. The van der Waals surface area contributed by atoms with Crippen molar-refractivity contribution in [3.8, 4) is 6.07 Å². The highest BCUT2D eigenvalue weighted by Crippen LogP contribution is 2.26. The Morgan fingerprint density at radius 1 is 1.42 bits per heavy atom. The molecule has 0 atom stereocenters. The van der Waals surface area contributed by atoms with Gasteiger partial charge in [0.15, 0.2) is 0 Å². The Kier molecular flexibility index (Phi) is 3.42. The van der Waals surface area contributed by atoms with Gasteiger partial charge in [-0.1, -0.05) is 0 Å². The van der Waals surface area contributed by atoms with Gasteiger partial charge in [-0.15, -0.1) is 0 Å². The van der Waals surface area contributed by atoms with Crippen LogP contribution in [0, 0.1) is 11.3 Å². The van der Waals surface area contributed by atoms with Gasteiger partial charge in [0.25, 0.3) is 0 Å². The molecule has 1 heterocycles. The molecule has 1 aliphatic heterocycles. The van der Waals surface area contributed by atoms with Gasteiger partial charge in [0.2, 0.25) is 0 Å². The number of nitrogens with zero attached hydrogens (tertiary/aromatic N) is 1. The highest BCUT2D eigenvalue weighted by Gasteiger charge is 2.32. The zero-order chi connectivity index (χ0) is 9.03. The van der Waals surface area contributed by atoms with Crippen LogP contribution in [0.25, 0.3) is 0 Å². The summed E-state index contributed by atoms with van der Waals surface area (Å²) < 4.78 is 0. The molecule has 0 radical (unpaired) electrons. The lowest BCUT2D eigenvalue weighted by molar-refractivity contribution is 0.354. The largest absolute Gasteiger partial charge is 0.297 e. The molecule has 0 bridgehead atoms. The highest BCUT2D eigenvalue weighted by molar-refractivity contribution is 7.99. The van der Waals surface area contributed by atoms with E-state index in [4.69, 9.17) is 5.26 Å². The number of nitrogens with one attached hydrogen (secondary N) is 1. The van der Waals surface area contributed by atoms with Crippen LogP contribution in [-0.2, 0) is 0 Å². The molecule has 0 aromatic carbocycles. The van der Waals surface area contributed by atoms with Crippen LogP contribution in [0.5, 0.6) is 0 Å². The lowest BCUT2D eigenvalue weighted by atomic mass is 9.93. The molecule has 0 amide bonds. The van der Waals surface area contributed by atoms with Crippen LogP contribution in [0.3, 0.4) is 0 Å². The summed E-state index contributed by atoms with van der Waals surface area (Å²) in [6, 6.07) is 2.83. The van der Waals surface area contributed by atoms with Crippen LogP contribution >= 0.6 is 11.8 Å². The first-order valence-corrected chi connectivity index (χ1v) is 5.61. The van der Waals surface area contributed by atoms with Gasteiger partial charge in [-0.25, -0.2) is 0 Å². The molecule has 1 saturated heterocycles. The molecule has 0 saturated carbocycles. The lowest BCUT2D eigenvalue weighted by Crippen LogP contribution is -2.49. The van der Waals surface area contributed by atoms with Gasteiger partial charge >= 0.3 is 0 Å². The average molecular weight is 184 g/mol. The van der Waals surface area contributed by atoms with E-state index < -0.39 is 0 Å². The first-order chi connectivity index (χ1) is 5.68. The minimum absolute atomic E-state index is 0.223. The maximum atomic E-state index is 9.07. The monoisotopic (exact) mass is 184 g/mol. The maximum absolute atomic E-state index is 9.07. The van der Waals surface area contributed by atoms with Gasteiger partial charge < -0.3 is 0 Å². The van der Waals surface area contributed by atoms with Crippen LogP contribution in [0.1, 0.15) is 26.7 Å². The van der Waals surface area contributed by atoms with E-state index in [-0.39, 0.29) is 5.54 Å². The third-order valence-corrected chi connectivity index (χ3v) is 3.11. The van der Waals surface area contributed by atoms with E-state index in [0.29, 0.717) is 6.04 Å². The number of rotatable bonds is 2. The quantitative estimate of drug-likeness (QED) is 0.710. The molecule has 12 heavy (non-hydrogen) atoms. The summed E-state index contributed by atoms with van der Waals surface area (Å²) in [4.78, 5) is 0. The zero-order valence-corrected chi connectivity index (χ0v) is 8.58. The molecule has 0 spiro atoms. The summed E-state index contributed by atoms with van der Waals surface area (Å²) in [6.45, 7) is 4.20. The van der Waals surface area contributed by atoms with Crippen molar-refractivity contribution in [2.75, 3.05) is 11.5 Å². The second-order valence-corrected chi connectivity index (χ2v) is 4.83. The van der Waals surface area contributed by atoms with Crippen molar-refractivity contribution in [1.82, 2.24) is 5.32 Å². The van der Waals surface area contributed by atoms with E-state index >= 15 is 0 Å². The van der Waals surface area contributed by atoms with Gasteiger partial charge in [0, 0.05) is 6.04 Å². The summed E-state index contributed by atoms with van der Waals surface area (Å²) in [5.74, 6) is 2.24. The van der Waals surface area contributed by atoms with Crippen molar-refractivity contribution in [2.24, 2.45) is 0 Å². The molecule has 1 rings (SSSR count). The van der Waals surface area contributed by atoms with E-state index in [1.807, 2.05) is 11.8 Å². The topological polar surface area (TPSA) is 35.8 Å². The van der Waals surface area contributed by atoms with Crippen molar-refractivity contribution in [2.45, 2.75) is 38.3 Å². The van der Waals surface area contributed by atoms with E-state index in [1.165, 1.54) is 0 Å². The van der Waals surface area contributed by atoms with Crippen LogP contribution in [-0.4, -0.2) is 23.1 Å². The van der Waals surface area contributed by atoms with Crippen LogP contribution in [0.15, 0.2) is 0 Å². The fourth-order valence-corrected chi connectivity index (χ4v) is 2.75. The molecule has 68 valence electrons. The summed E-state index contributed by atoms with van der Waals surface area (Å²) in [5, 5.41) is 12.4. The smallest absolute Gasteiger partial charge is 0.108 e. The molecule has 0 aliphatic carbocycles. The fraction of sp³-hybridized carbons (Fsp3) is 0.889. The maximum Gasteiger partial charge on any atom is 0.108 e. The van der Waals surface area contributed by atoms with E-state index in [0.717, 1.165) is 24.3 Å². The van der Waals surface area contributed by atoms with Gasteiger partial charge in [0.05, 0.1) is 6.07 Å². The van der Waals surface area contributed by atoms with E-state index in [9.17, 15) is 0 Å². The number of thioether (sulfide) groups is 1. The number of hydrogen-bond acceptors (Lipinski definition) is 3. The average Bonchev–Trinajstić information content (AvgIpc) is 2.05. The normalized spacial score (nSPS) is 22.2. The van der Waals surface area contributed by atoms with E-state index in [1.54, 1.807) is 0 Å². The van der Waals surface area contributed by atoms with Crippen molar-refractivity contribution in [1.29, 1.82) is 5.26 Å². The molecule has 0 aromatic heterocycles. The molecule has 0 unspecified atom stereocenters. The molecular weight excluding hydrogens is 168 g/mol. The SMILES string of the molecule is CC(C)NC1(C#N)CCSCC1. The summed E-state index contributed by atoms with van der Waals surface area (Å²) in [5.41, 5.74) is -0.223. The van der Waals surface area contributed by atoms with Gasteiger partial charge in [-0.2, -0.15) is 17.0 Å². The summed E-state index contributed by atoms with van der Waals surface area (Å²) >= 11 is 1.95. The Bertz CT molecular complexity index is 177. The van der Waals surface area contributed by atoms with Gasteiger partial charge in [-0.3, -0.25) is 5.32 Å². The Morgan fingerprint density at radius 2 is 2.00 bits per heavy atom. The number of hydrogen-bond donors (Lipinski definition) is 1. The van der Waals surface area contributed by atoms with Crippen LogP contribution in [0.2, 0.25) is 0 Å². The lowest BCUT2D eigenvalue weighted by Gasteiger charge is -2.33. The van der Waals surface area contributed by atoms with Crippen molar-refractivity contribution in [3.05, 3.63) is 0 Å². The molecule has 1 N–H and O–H groups in total. The van der Waals surface area contributed by atoms with Crippen molar-refractivity contribution in [3.63, 3.8) is 0 Å². The third-order valence-electron chi connectivity index (χ3n) is 2.13. The summed E-state index contributed by atoms with van der Waals surface area (Å²) in [7, 11) is 0. The molecule has 3 heteroatoms. The van der Waals surface area contributed by atoms with Crippen molar-refractivity contribution < 1.29 is 0 Å². The van der Waals surface area contributed by atoms with Crippen LogP contribution < -0.4 is 5.32 Å². The summed E-state index contributed by atoms with van der Waals surface area (Å²) in [6.07, 6.45) is 1.98. The van der Waals surface area contributed by atoms with Gasteiger partial charge in [-0.05, 0) is 38.2 Å². The molecular formula is C9H16N2S. The second kappa shape index (κ2) is 4.15. The first kappa shape index (κ1) is 9.88. The van der Waals surface area contributed by atoms with Gasteiger partial charge in [0.1, 0.15) is 5.54 Å². The molecule has 0 aromatic rings. The minimum atomic E-state index is -0.223. The predicted molar refractivity (Wildman–Crippen MR) is 53.2 cm³/mol. The Balaban J connectivity index is 2.55. The first-order valence-electron chi connectivity index (χ1n) is 4.45. The fourth-order valence-electron chi connectivity index (χ4n) is 1.56.